The van der Waals surface area contributed by atoms with Crippen molar-refractivity contribution in [3.05, 3.63) is 66.0 Å². The van der Waals surface area contributed by atoms with Crippen LogP contribution in [-0.4, -0.2) is 14.6 Å². The van der Waals surface area contributed by atoms with Gasteiger partial charge >= 0.3 is 0 Å². The minimum absolute atomic E-state index is 0. The van der Waals surface area contributed by atoms with Crippen molar-refractivity contribution in [1.82, 2.24) is 14.6 Å². The number of hydrogen-bond donors (Lipinski definition) is 0. The van der Waals surface area contributed by atoms with E-state index in [2.05, 4.69) is 86.4 Å². The van der Waals surface area contributed by atoms with Crippen molar-refractivity contribution in [2.45, 2.75) is 67.2 Å². The fourth-order valence-corrected chi connectivity index (χ4v) is 3.42. The first-order valence-corrected chi connectivity index (χ1v) is 9.99. The van der Waals surface area contributed by atoms with E-state index in [0.717, 1.165) is 10.9 Å². The summed E-state index contributed by atoms with van der Waals surface area (Å²) in [6.07, 6.45) is 3.67. The molecule has 0 saturated heterocycles. The highest BCUT2D eigenvalue weighted by Crippen LogP contribution is 2.27. The van der Waals surface area contributed by atoms with Crippen LogP contribution < -0.4 is 0 Å². The summed E-state index contributed by atoms with van der Waals surface area (Å²) in [6, 6.07) is 14.9. The van der Waals surface area contributed by atoms with Gasteiger partial charge in [-0.15, -0.1) is 0 Å². The molecule has 0 radical (unpaired) electrons. The third-order valence-corrected chi connectivity index (χ3v) is 5.38. The van der Waals surface area contributed by atoms with E-state index in [1.807, 2.05) is 18.3 Å². The van der Waals surface area contributed by atoms with Crippen LogP contribution in [0.4, 0.5) is 0 Å². The molecule has 0 saturated carbocycles. The van der Waals surface area contributed by atoms with Crippen LogP contribution >= 0.6 is 11.5 Å². The molecule has 2 aromatic carbocycles. The van der Waals surface area contributed by atoms with Crippen molar-refractivity contribution < 1.29 is 0 Å². The van der Waals surface area contributed by atoms with E-state index < -0.39 is 0 Å². The maximum Gasteiger partial charge on any atom is 0.0929 e. The summed E-state index contributed by atoms with van der Waals surface area (Å²) in [5.41, 5.74) is 4.09. The first-order valence-electron chi connectivity index (χ1n) is 9.21. The highest BCUT2D eigenvalue weighted by molar-refractivity contribution is 7.13. The molecule has 4 rings (SSSR count). The van der Waals surface area contributed by atoms with Gasteiger partial charge in [0.1, 0.15) is 0 Å². The SMILES string of the molecule is C.C.CC(C)(C)c1ccc2nnccc2c1.CC(C)(C)c1ccc2sncc2c1. The molecule has 0 unspecified atom stereocenters. The molecule has 4 heteroatoms. The smallest absolute Gasteiger partial charge is 0.0929 e. The monoisotopic (exact) mass is 409 g/mol. The number of benzene rings is 2. The van der Waals surface area contributed by atoms with E-state index >= 15 is 0 Å². The van der Waals surface area contributed by atoms with Gasteiger partial charge in [0.25, 0.3) is 0 Å². The molecule has 0 spiro atoms. The van der Waals surface area contributed by atoms with Gasteiger partial charge < -0.3 is 0 Å². The molecule has 3 nitrogen and oxygen atoms in total. The Balaban J connectivity index is 0.000000272. The molecule has 0 bridgehead atoms. The van der Waals surface area contributed by atoms with E-state index in [9.17, 15) is 0 Å². The van der Waals surface area contributed by atoms with E-state index in [1.165, 1.54) is 21.2 Å². The largest absolute Gasteiger partial charge is 0.200 e. The average molecular weight is 410 g/mol. The normalized spacial score (nSPS) is 11.2. The first-order chi connectivity index (χ1) is 12.6. The Labute approximate surface area is 180 Å². The van der Waals surface area contributed by atoms with Crippen LogP contribution in [0.15, 0.2) is 54.9 Å². The van der Waals surface area contributed by atoms with Gasteiger partial charge in [0.2, 0.25) is 0 Å². The van der Waals surface area contributed by atoms with Crippen molar-refractivity contribution in [3.8, 4) is 0 Å². The van der Waals surface area contributed by atoms with Gasteiger partial charge in [0.15, 0.2) is 0 Å². The second-order valence-electron chi connectivity index (χ2n) is 8.88. The second-order valence-corrected chi connectivity index (χ2v) is 9.72. The maximum absolute atomic E-state index is 4.17. The summed E-state index contributed by atoms with van der Waals surface area (Å²) in [5, 5.41) is 10.3. The highest BCUT2D eigenvalue weighted by Gasteiger charge is 2.14. The number of fused-ring (bicyclic) bond motifs is 2. The molecule has 29 heavy (non-hydrogen) atoms. The molecular formula is C25H35N3S. The molecule has 4 aromatic rings. The third kappa shape index (κ3) is 6.07. The zero-order chi connectivity index (χ0) is 19.7. The first kappa shape index (κ1) is 24.7. The minimum Gasteiger partial charge on any atom is -0.200 e. The summed E-state index contributed by atoms with van der Waals surface area (Å²) < 4.78 is 5.44. The van der Waals surface area contributed by atoms with E-state index in [4.69, 9.17) is 0 Å². The average Bonchev–Trinajstić information content (AvgIpc) is 3.08. The Morgan fingerprint density at radius 1 is 0.724 bits per heavy atom. The summed E-state index contributed by atoms with van der Waals surface area (Å²) in [7, 11) is 0. The lowest BCUT2D eigenvalue weighted by Crippen LogP contribution is -2.10. The van der Waals surface area contributed by atoms with Gasteiger partial charge in [-0.2, -0.15) is 14.6 Å². The third-order valence-electron chi connectivity index (χ3n) is 4.60. The lowest BCUT2D eigenvalue weighted by Gasteiger charge is -2.19. The molecule has 0 aliphatic heterocycles. The maximum atomic E-state index is 4.17. The van der Waals surface area contributed by atoms with Crippen LogP contribution in [0.1, 0.15) is 67.5 Å². The van der Waals surface area contributed by atoms with Crippen LogP contribution in [0.3, 0.4) is 0 Å². The quantitative estimate of drug-likeness (QED) is 0.297. The fourth-order valence-electron chi connectivity index (χ4n) is 2.79. The molecule has 2 aromatic heterocycles. The van der Waals surface area contributed by atoms with Gasteiger partial charge in [-0.3, -0.25) is 0 Å². The zero-order valence-corrected chi connectivity index (χ0v) is 17.8. The zero-order valence-electron chi connectivity index (χ0n) is 16.9. The van der Waals surface area contributed by atoms with Gasteiger partial charge in [0, 0.05) is 17.0 Å². The highest BCUT2D eigenvalue weighted by atomic mass is 32.1. The van der Waals surface area contributed by atoms with Crippen molar-refractivity contribution in [2.24, 2.45) is 0 Å². The van der Waals surface area contributed by atoms with Crippen LogP contribution in [0.5, 0.6) is 0 Å². The van der Waals surface area contributed by atoms with Gasteiger partial charge in [0.05, 0.1) is 16.4 Å². The summed E-state index contributed by atoms with van der Waals surface area (Å²) in [4.78, 5) is 0. The van der Waals surface area contributed by atoms with Gasteiger partial charge in [-0.05, 0) is 63.8 Å². The molecule has 0 aliphatic carbocycles. The topological polar surface area (TPSA) is 38.7 Å². The van der Waals surface area contributed by atoms with Crippen molar-refractivity contribution in [3.63, 3.8) is 0 Å². The second kappa shape index (κ2) is 9.45. The number of nitrogens with zero attached hydrogens (tertiary/aromatic N) is 3. The minimum atomic E-state index is 0. The summed E-state index contributed by atoms with van der Waals surface area (Å²) in [5.74, 6) is 0. The fraction of sp³-hybridized carbons (Fsp3) is 0.400. The lowest BCUT2D eigenvalue weighted by atomic mass is 9.86. The Kier molecular flexibility index (Phi) is 8.05. The molecular weight excluding hydrogens is 374 g/mol. The Bertz CT molecular complexity index is 1050. The number of aromatic nitrogens is 3. The van der Waals surface area contributed by atoms with Gasteiger partial charge in [-0.1, -0.05) is 68.5 Å². The van der Waals surface area contributed by atoms with Crippen molar-refractivity contribution in [1.29, 1.82) is 0 Å². The van der Waals surface area contributed by atoms with Crippen molar-refractivity contribution in [2.75, 3.05) is 0 Å². The molecule has 0 N–H and O–H groups in total. The van der Waals surface area contributed by atoms with E-state index in [-0.39, 0.29) is 25.7 Å². The Morgan fingerprint density at radius 2 is 1.31 bits per heavy atom. The molecule has 0 atom stereocenters. The predicted molar refractivity (Wildman–Crippen MR) is 130 cm³/mol. The van der Waals surface area contributed by atoms with E-state index in [0.29, 0.717) is 0 Å². The van der Waals surface area contributed by atoms with Crippen LogP contribution in [-0.2, 0) is 10.8 Å². The molecule has 0 aliphatic rings. The summed E-state index contributed by atoms with van der Waals surface area (Å²) in [6.45, 7) is 13.3. The number of hydrogen-bond acceptors (Lipinski definition) is 4. The summed E-state index contributed by atoms with van der Waals surface area (Å²) >= 11 is 1.56. The molecule has 156 valence electrons. The lowest BCUT2D eigenvalue weighted by molar-refractivity contribution is 0.591. The van der Waals surface area contributed by atoms with E-state index in [1.54, 1.807) is 17.7 Å². The molecule has 2 heterocycles. The molecule has 0 fully saturated rings. The molecule has 0 amide bonds. The van der Waals surface area contributed by atoms with Crippen LogP contribution in [0.2, 0.25) is 0 Å². The Hall–Kier alpha value is -2.33. The van der Waals surface area contributed by atoms with Crippen LogP contribution in [0, 0.1) is 0 Å². The number of rotatable bonds is 0. The van der Waals surface area contributed by atoms with Gasteiger partial charge in [-0.25, -0.2) is 0 Å². The predicted octanol–water partition coefficient (Wildman–Crippen LogP) is 7.79. The van der Waals surface area contributed by atoms with Crippen molar-refractivity contribution >= 4 is 32.5 Å². The standard InChI is InChI=1S/C12H14N2.C11H13NS.2CH4/c1-12(2,3)10-4-5-11-9(8-10)6-7-13-14-11;1-11(2,3)9-4-5-10-8(6-9)7-12-13-10;;/h4-8H,1-3H3;4-7H,1-3H3;2*1H4. The van der Waals surface area contributed by atoms with Crippen LogP contribution in [0.25, 0.3) is 21.0 Å². The Morgan fingerprint density at radius 3 is 1.93 bits per heavy atom.